The van der Waals surface area contributed by atoms with Gasteiger partial charge in [-0.05, 0) is 53.5 Å². The van der Waals surface area contributed by atoms with Crippen LogP contribution >= 0.6 is 0 Å². The Morgan fingerprint density at radius 3 is 2.78 bits per heavy atom. The summed E-state index contributed by atoms with van der Waals surface area (Å²) < 4.78 is 10.8. The van der Waals surface area contributed by atoms with E-state index in [1.54, 1.807) is 24.3 Å². The molecule has 5 rings (SSSR count). The van der Waals surface area contributed by atoms with Gasteiger partial charge in [-0.1, -0.05) is 12.1 Å². The van der Waals surface area contributed by atoms with E-state index in [1.165, 1.54) is 7.11 Å². The van der Waals surface area contributed by atoms with E-state index in [0.29, 0.717) is 35.4 Å². The standard InChI is InChI=1S/C25H24N2O5/c1-31-25(30)17-4-5-18-15(12-17)2-3-16(18)13-22-23(29)19-6-7-21(28)20(24(19)32-22)14-27-10-8-26-9-11-27/h3-7,12-13,26,28H,2,8-11,14H2,1H3/b22-13-. The predicted molar refractivity (Wildman–Crippen MR) is 119 cm³/mol. The number of methoxy groups -OCH3 is 1. The zero-order chi connectivity index (χ0) is 22.2. The number of nitrogens with zero attached hydrogens (tertiary/aromatic N) is 1. The zero-order valence-electron chi connectivity index (χ0n) is 17.8. The number of ether oxygens (including phenoxy) is 2. The number of phenolic OH excluding ortho intramolecular Hbond substituents is 1. The number of rotatable bonds is 4. The van der Waals surface area contributed by atoms with Crippen LogP contribution in [0.5, 0.6) is 11.5 Å². The number of allylic oxidation sites excluding steroid dienone is 4. The van der Waals surface area contributed by atoms with E-state index < -0.39 is 0 Å². The molecular formula is C25H24N2O5. The van der Waals surface area contributed by atoms with Gasteiger partial charge in [-0.15, -0.1) is 0 Å². The van der Waals surface area contributed by atoms with E-state index in [4.69, 9.17) is 9.47 Å². The molecule has 7 nitrogen and oxygen atoms in total. The van der Waals surface area contributed by atoms with Gasteiger partial charge in [-0.2, -0.15) is 0 Å². The Labute approximate surface area is 185 Å². The molecule has 32 heavy (non-hydrogen) atoms. The van der Waals surface area contributed by atoms with Crippen molar-refractivity contribution in [1.29, 1.82) is 0 Å². The Hall–Kier alpha value is -3.42. The first-order valence-corrected chi connectivity index (χ1v) is 10.7. The lowest BCUT2D eigenvalue weighted by atomic mass is 10.0. The number of esters is 1. The van der Waals surface area contributed by atoms with Crippen LogP contribution in [0.2, 0.25) is 0 Å². The van der Waals surface area contributed by atoms with Crippen molar-refractivity contribution < 1.29 is 24.2 Å². The average Bonchev–Trinajstić information content (AvgIpc) is 3.36. The summed E-state index contributed by atoms with van der Waals surface area (Å²) in [5, 5.41) is 13.8. The highest BCUT2D eigenvalue weighted by atomic mass is 16.5. The largest absolute Gasteiger partial charge is 0.507 e. The Balaban J connectivity index is 1.42. The number of piperazine rings is 1. The predicted octanol–water partition coefficient (Wildman–Crippen LogP) is 2.68. The number of Topliss-reactive ketones (excluding diaryl/α,β-unsaturated/α-hetero) is 1. The van der Waals surface area contributed by atoms with Crippen LogP contribution in [0.3, 0.4) is 0 Å². The van der Waals surface area contributed by atoms with E-state index >= 15 is 0 Å². The molecule has 1 saturated heterocycles. The lowest BCUT2D eigenvalue weighted by Crippen LogP contribution is -2.42. The number of aromatic hydroxyl groups is 1. The maximum Gasteiger partial charge on any atom is 0.337 e. The molecule has 0 radical (unpaired) electrons. The Bertz CT molecular complexity index is 1180. The van der Waals surface area contributed by atoms with Crippen molar-refractivity contribution in [2.45, 2.75) is 13.0 Å². The van der Waals surface area contributed by atoms with E-state index in [9.17, 15) is 14.7 Å². The highest BCUT2D eigenvalue weighted by Crippen LogP contribution is 2.41. The fraction of sp³-hybridized carbons (Fsp3) is 0.280. The van der Waals surface area contributed by atoms with Crippen LogP contribution in [-0.4, -0.2) is 55.0 Å². The van der Waals surface area contributed by atoms with Gasteiger partial charge in [-0.3, -0.25) is 9.69 Å². The number of hydrogen-bond acceptors (Lipinski definition) is 7. The summed E-state index contributed by atoms with van der Waals surface area (Å²) in [6.45, 7) is 4.06. The van der Waals surface area contributed by atoms with Gasteiger partial charge in [-0.25, -0.2) is 4.79 Å². The van der Waals surface area contributed by atoms with Crippen LogP contribution in [0.1, 0.15) is 37.4 Å². The summed E-state index contributed by atoms with van der Waals surface area (Å²) >= 11 is 0. The molecule has 3 aliphatic rings. The number of carbonyl (C=O) groups excluding carboxylic acids is 2. The summed E-state index contributed by atoms with van der Waals surface area (Å²) in [6.07, 6.45) is 4.42. The first-order chi connectivity index (χ1) is 15.5. The molecule has 2 heterocycles. The van der Waals surface area contributed by atoms with Gasteiger partial charge in [0, 0.05) is 32.7 Å². The van der Waals surface area contributed by atoms with Crippen molar-refractivity contribution in [1.82, 2.24) is 10.2 Å². The molecule has 1 fully saturated rings. The van der Waals surface area contributed by atoms with Crippen LogP contribution in [0.25, 0.3) is 5.57 Å². The molecule has 0 saturated carbocycles. The first-order valence-electron chi connectivity index (χ1n) is 10.7. The van der Waals surface area contributed by atoms with E-state index in [0.717, 1.165) is 42.9 Å². The minimum atomic E-state index is -0.374. The lowest BCUT2D eigenvalue weighted by Gasteiger charge is -2.27. The molecule has 0 atom stereocenters. The second-order valence-corrected chi connectivity index (χ2v) is 8.13. The van der Waals surface area contributed by atoms with Gasteiger partial charge < -0.3 is 19.9 Å². The van der Waals surface area contributed by atoms with Crippen LogP contribution in [0, 0.1) is 0 Å². The highest BCUT2D eigenvalue weighted by Gasteiger charge is 2.32. The smallest absolute Gasteiger partial charge is 0.337 e. The minimum absolute atomic E-state index is 0.136. The van der Waals surface area contributed by atoms with E-state index in [1.807, 2.05) is 18.2 Å². The third kappa shape index (κ3) is 3.59. The van der Waals surface area contributed by atoms with E-state index in [-0.39, 0.29) is 23.3 Å². The summed E-state index contributed by atoms with van der Waals surface area (Å²) in [5.74, 6) is 0.253. The monoisotopic (exact) mass is 432 g/mol. The van der Waals surface area contributed by atoms with Gasteiger partial charge in [0.05, 0.1) is 23.8 Å². The van der Waals surface area contributed by atoms with Crippen molar-refractivity contribution in [2.75, 3.05) is 33.3 Å². The van der Waals surface area contributed by atoms with Crippen molar-refractivity contribution in [2.24, 2.45) is 0 Å². The highest BCUT2D eigenvalue weighted by molar-refractivity contribution is 6.14. The normalized spacial score (nSPS) is 18.8. The van der Waals surface area contributed by atoms with Crippen LogP contribution in [-0.2, 0) is 17.7 Å². The maximum absolute atomic E-state index is 13.0. The van der Waals surface area contributed by atoms with Crippen molar-refractivity contribution in [3.63, 3.8) is 0 Å². The Morgan fingerprint density at radius 2 is 2.00 bits per heavy atom. The molecule has 2 aromatic rings. The second kappa shape index (κ2) is 8.26. The van der Waals surface area contributed by atoms with Crippen molar-refractivity contribution >= 4 is 17.3 Å². The van der Waals surface area contributed by atoms with Gasteiger partial charge in [0.2, 0.25) is 5.78 Å². The zero-order valence-corrected chi connectivity index (χ0v) is 17.8. The molecule has 2 aliphatic heterocycles. The summed E-state index contributed by atoms with van der Waals surface area (Å²) in [5.41, 5.74) is 4.45. The number of hydrogen-bond donors (Lipinski definition) is 2. The van der Waals surface area contributed by atoms with Gasteiger partial charge in [0.1, 0.15) is 11.5 Å². The molecule has 0 spiro atoms. The van der Waals surface area contributed by atoms with Crippen molar-refractivity contribution in [3.05, 3.63) is 76.1 Å². The third-order valence-electron chi connectivity index (χ3n) is 6.17. The number of phenols is 1. The number of fused-ring (bicyclic) bond motifs is 2. The Morgan fingerprint density at radius 1 is 1.22 bits per heavy atom. The van der Waals surface area contributed by atoms with Gasteiger partial charge in [0.15, 0.2) is 5.76 Å². The first kappa shape index (κ1) is 20.5. The fourth-order valence-corrected chi connectivity index (χ4v) is 4.44. The molecule has 2 aromatic carbocycles. The van der Waals surface area contributed by atoms with Crippen LogP contribution in [0.4, 0.5) is 0 Å². The summed E-state index contributed by atoms with van der Waals surface area (Å²) in [7, 11) is 1.36. The molecule has 0 unspecified atom stereocenters. The lowest BCUT2D eigenvalue weighted by molar-refractivity contribution is 0.0600. The summed E-state index contributed by atoms with van der Waals surface area (Å²) in [4.78, 5) is 27.1. The number of nitrogens with one attached hydrogen (secondary N) is 1. The molecule has 0 aromatic heterocycles. The minimum Gasteiger partial charge on any atom is -0.507 e. The van der Waals surface area contributed by atoms with Crippen LogP contribution < -0.4 is 10.1 Å². The molecular weight excluding hydrogens is 408 g/mol. The molecule has 7 heteroatoms. The molecule has 0 bridgehead atoms. The SMILES string of the molecule is COC(=O)c1ccc2c(c1)CC=C2/C=C1\Oc2c(ccc(O)c2CN2CCNCC2)C1=O. The quantitative estimate of drug-likeness (QED) is 0.567. The topological polar surface area (TPSA) is 88.1 Å². The number of benzene rings is 2. The van der Waals surface area contributed by atoms with E-state index in [2.05, 4.69) is 10.2 Å². The molecule has 164 valence electrons. The third-order valence-corrected chi connectivity index (χ3v) is 6.17. The molecule has 1 aliphatic carbocycles. The summed E-state index contributed by atoms with van der Waals surface area (Å²) in [6, 6.07) is 8.59. The molecule has 0 amide bonds. The maximum atomic E-state index is 13.0. The second-order valence-electron chi connectivity index (χ2n) is 8.13. The Kier molecular flexibility index (Phi) is 5.28. The van der Waals surface area contributed by atoms with Gasteiger partial charge >= 0.3 is 5.97 Å². The average molecular weight is 432 g/mol. The van der Waals surface area contributed by atoms with Crippen molar-refractivity contribution in [3.8, 4) is 11.5 Å². The number of carbonyl (C=O) groups is 2. The fourth-order valence-electron chi connectivity index (χ4n) is 4.44. The van der Waals surface area contributed by atoms with Crippen LogP contribution in [0.15, 0.2) is 48.2 Å². The van der Waals surface area contributed by atoms with Gasteiger partial charge in [0.25, 0.3) is 0 Å². The molecule has 2 N–H and O–H groups in total. The number of ketones is 1.